The molecule has 3 heterocycles. The number of thiophene rings is 1. The van der Waals surface area contributed by atoms with Gasteiger partial charge in [0.05, 0.1) is 29.5 Å². The number of aliphatic imine (C=N–C) groups is 1. The lowest BCUT2D eigenvalue weighted by Crippen LogP contribution is -2.35. The van der Waals surface area contributed by atoms with E-state index in [2.05, 4.69) is 75.8 Å². The van der Waals surface area contributed by atoms with E-state index in [9.17, 15) is 14.4 Å². The van der Waals surface area contributed by atoms with Crippen LogP contribution in [0.4, 0.5) is 16.2 Å². The monoisotopic (exact) mass is 731 g/mol. The summed E-state index contributed by atoms with van der Waals surface area (Å²) in [7, 11) is 0. The van der Waals surface area contributed by atoms with Crippen LogP contribution in [0.3, 0.4) is 0 Å². The van der Waals surface area contributed by atoms with E-state index in [0.29, 0.717) is 22.8 Å². The van der Waals surface area contributed by atoms with Gasteiger partial charge < -0.3 is 15.4 Å². The maximum atomic E-state index is 13.9. The third kappa shape index (κ3) is 7.92. The summed E-state index contributed by atoms with van der Waals surface area (Å²) in [4.78, 5) is 46.0. The topological polar surface area (TPSA) is 140 Å². The molecule has 0 fully saturated rings. The number of aryl methyl sites for hydroxylation is 3. The number of ether oxygens (including phenoxy) is 1. The van der Waals surface area contributed by atoms with E-state index in [-0.39, 0.29) is 24.3 Å². The Kier molecular flexibility index (Phi) is 10.1. The average Bonchev–Trinajstić information content (AvgIpc) is 3.59. The number of hydrogen-bond donors (Lipinski definition) is 3. The van der Waals surface area contributed by atoms with Crippen molar-refractivity contribution < 1.29 is 19.1 Å². The number of para-hydroxylation sites is 2. The number of benzene rings is 3. The van der Waals surface area contributed by atoms with Gasteiger partial charge in [0, 0.05) is 21.6 Å². The Morgan fingerprint density at radius 1 is 0.887 bits per heavy atom. The van der Waals surface area contributed by atoms with E-state index >= 15 is 0 Å². The van der Waals surface area contributed by atoms with Crippen molar-refractivity contribution in [3.05, 3.63) is 123 Å². The molecule has 0 saturated heterocycles. The molecule has 0 bridgehead atoms. The summed E-state index contributed by atoms with van der Waals surface area (Å²) < 4.78 is 7.41. The fourth-order valence-electron chi connectivity index (χ4n) is 6.31. The van der Waals surface area contributed by atoms with Crippen LogP contribution in [-0.4, -0.2) is 44.0 Å². The predicted molar refractivity (Wildman–Crippen MR) is 209 cm³/mol. The van der Waals surface area contributed by atoms with Crippen molar-refractivity contribution in [3.8, 4) is 5.00 Å². The minimum Gasteiger partial charge on any atom is -0.444 e. The van der Waals surface area contributed by atoms with Crippen LogP contribution in [0.5, 0.6) is 0 Å². The first kappa shape index (κ1) is 37.1. The summed E-state index contributed by atoms with van der Waals surface area (Å²) in [5.41, 5.74) is 5.51. The molecule has 0 radical (unpaired) electrons. The third-order valence-electron chi connectivity index (χ3n) is 9.16. The first-order valence-electron chi connectivity index (χ1n) is 17.5. The maximum Gasteiger partial charge on any atom is 0.412 e. The van der Waals surface area contributed by atoms with Gasteiger partial charge in [-0.3, -0.25) is 24.5 Å². The minimum atomic E-state index is -1.03. The zero-order valence-electron chi connectivity index (χ0n) is 31.5. The highest BCUT2D eigenvalue weighted by Gasteiger charge is 2.40. The minimum absolute atomic E-state index is 0.0367. The van der Waals surface area contributed by atoms with Gasteiger partial charge in [0.1, 0.15) is 22.0 Å². The molecule has 12 heteroatoms. The summed E-state index contributed by atoms with van der Waals surface area (Å²) >= 11 is 1.68. The van der Waals surface area contributed by atoms with Gasteiger partial charge in [-0.25, -0.2) is 4.79 Å². The van der Waals surface area contributed by atoms with Gasteiger partial charge in [-0.2, -0.15) is 0 Å². The zero-order valence-corrected chi connectivity index (χ0v) is 32.4. The highest BCUT2D eigenvalue weighted by Crippen LogP contribution is 2.42. The van der Waals surface area contributed by atoms with Gasteiger partial charge in [0.15, 0.2) is 5.82 Å². The number of nitrogens with zero attached hydrogens (tertiary/aromatic N) is 4. The van der Waals surface area contributed by atoms with E-state index in [1.54, 1.807) is 68.5 Å². The lowest BCUT2D eigenvalue weighted by molar-refractivity contribution is -0.122. The molecule has 0 spiro atoms. The number of carbonyl (C=O) groups is 3. The van der Waals surface area contributed by atoms with Gasteiger partial charge in [-0.1, -0.05) is 54.1 Å². The first-order valence-corrected chi connectivity index (χ1v) is 18.3. The molecule has 53 heavy (non-hydrogen) atoms. The molecule has 3 N–H and O–H groups in total. The SMILES string of the molecule is Cc1ccc(C2=N[C@@](C)(CC(=O)NC(C)c3ccc(C(=O)Nc4ccccc4NC(=O)OC(C)(C)C)cc3)c3nnc(C)n3-c3sc(C)c(C)c32)cc1. The standard InChI is InChI=1S/C41H45N7O4S/c1-23-14-16-29(17-15-23)35-34-24(2)26(4)53-37(34)48-27(5)46-47-38(48)41(9,45-35)22-33(49)42-25(3)28-18-20-30(21-19-28)36(50)43-31-12-10-11-13-32(31)44-39(51)52-40(6,7)8/h10-21,25H,22H2,1-9H3,(H,42,49)(H,43,50)(H,44,51)/t25?,41-/m0/s1. The van der Waals surface area contributed by atoms with Crippen LogP contribution in [0.1, 0.15) is 102 Å². The number of rotatable bonds is 8. The summed E-state index contributed by atoms with van der Waals surface area (Å²) in [6.07, 6.45) is -0.584. The smallest absolute Gasteiger partial charge is 0.412 e. The molecule has 5 aromatic rings. The second-order valence-electron chi connectivity index (χ2n) is 14.7. The Balaban J connectivity index is 1.19. The quantitative estimate of drug-likeness (QED) is 0.146. The average molecular weight is 732 g/mol. The Bertz CT molecular complexity index is 2230. The van der Waals surface area contributed by atoms with Crippen molar-refractivity contribution in [2.75, 3.05) is 10.6 Å². The number of amides is 3. The van der Waals surface area contributed by atoms with Crippen LogP contribution in [0.15, 0.2) is 77.8 Å². The molecule has 1 unspecified atom stereocenters. The van der Waals surface area contributed by atoms with E-state index in [0.717, 1.165) is 44.4 Å². The highest BCUT2D eigenvalue weighted by molar-refractivity contribution is 7.15. The van der Waals surface area contributed by atoms with Crippen molar-refractivity contribution in [1.29, 1.82) is 0 Å². The lowest BCUT2D eigenvalue weighted by atomic mass is 9.94. The van der Waals surface area contributed by atoms with Gasteiger partial charge >= 0.3 is 6.09 Å². The highest BCUT2D eigenvalue weighted by atomic mass is 32.1. The molecule has 274 valence electrons. The molecule has 2 atom stereocenters. The fraction of sp³-hybridized carbons (Fsp3) is 0.317. The molecule has 0 saturated carbocycles. The van der Waals surface area contributed by atoms with Gasteiger partial charge in [-0.05, 0) is 97.7 Å². The van der Waals surface area contributed by atoms with Crippen LogP contribution in [0.2, 0.25) is 0 Å². The zero-order chi connectivity index (χ0) is 38.2. The number of anilines is 2. The van der Waals surface area contributed by atoms with E-state index in [1.807, 2.05) is 32.9 Å². The van der Waals surface area contributed by atoms with Crippen molar-refractivity contribution in [3.63, 3.8) is 0 Å². The van der Waals surface area contributed by atoms with Gasteiger partial charge in [-0.15, -0.1) is 21.5 Å². The van der Waals surface area contributed by atoms with Crippen LogP contribution >= 0.6 is 11.3 Å². The van der Waals surface area contributed by atoms with Crippen LogP contribution < -0.4 is 16.0 Å². The molecule has 1 aliphatic rings. The van der Waals surface area contributed by atoms with E-state index in [4.69, 9.17) is 9.73 Å². The Hall–Kier alpha value is -5.62. The Morgan fingerprint density at radius 3 is 2.17 bits per heavy atom. The maximum absolute atomic E-state index is 13.9. The molecule has 2 aromatic heterocycles. The van der Waals surface area contributed by atoms with Crippen molar-refractivity contribution in [2.45, 2.75) is 85.9 Å². The molecule has 1 aliphatic heterocycles. The second kappa shape index (κ2) is 14.4. The van der Waals surface area contributed by atoms with E-state index < -0.39 is 17.2 Å². The third-order valence-corrected chi connectivity index (χ3v) is 10.4. The fourth-order valence-corrected chi connectivity index (χ4v) is 7.52. The number of carbonyl (C=O) groups excluding carboxylic acids is 3. The summed E-state index contributed by atoms with van der Waals surface area (Å²) in [6, 6.07) is 21.9. The van der Waals surface area contributed by atoms with Crippen molar-refractivity contribution in [2.24, 2.45) is 4.99 Å². The van der Waals surface area contributed by atoms with Crippen LogP contribution in [0, 0.1) is 27.7 Å². The second-order valence-corrected chi connectivity index (χ2v) is 15.9. The number of aromatic nitrogens is 3. The van der Waals surface area contributed by atoms with Crippen LogP contribution in [-0.2, 0) is 15.1 Å². The number of hydrogen-bond acceptors (Lipinski definition) is 8. The molecular formula is C41H45N7O4S. The predicted octanol–water partition coefficient (Wildman–Crippen LogP) is 8.50. The van der Waals surface area contributed by atoms with Crippen LogP contribution in [0.25, 0.3) is 5.00 Å². The molecule has 0 aliphatic carbocycles. The van der Waals surface area contributed by atoms with Crippen molar-refractivity contribution in [1.82, 2.24) is 20.1 Å². The molecule has 3 amide bonds. The van der Waals surface area contributed by atoms with Gasteiger partial charge in [0.25, 0.3) is 5.91 Å². The number of nitrogens with one attached hydrogen (secondary N) is 3. The van der Waals surface area contributed by atoms with E-state index in [1.165, 1.54) is 4.88 Å². The lowest BCUT2D eigenvalue weighted by Gasteiger charge is -2.25. The van der Waals surface area contributed by atoms with Crippen molar-refractivity contribution >= 4 is 46.3 Å². The Morgan fingerprint density at radius 2 is 1.53 bits per heavy atom. The largest absolute Gasteiger partial charge is 0.444 e. The first-order chi connectivity index (χ1) is 25.0. The summed E-state index contributed by atoms with van der Waals surface area (Å²) in [5.74, 6) is 0.789. The Labute approximate surface area is 313 Å². The summed E-state index contributed by atoms with van der Waals surface area (Å²) in [5, 5.41) is 18.7. The number of fused-ring (bicyclic) bond motifs is 3. The summed E-state index contributed by atoms with van der Waals surface area (Å²) in [6.45, 7) is 17.4. The molecular weight excluding hydrogens is 687 g/mol. The van der Waals surface area contributed by atoms with Gasteiger partial charge in [0.2, 0.25) is 5.91 Å². The molecule has 3 aromatic carbocycles. The normalized spacial score (nSPS) is 15.7. The molecule has 6 rings (SSSR count). The molecule has 11 nitrogen and oxygen atoms in total.